The molecule has 1 fully saturated rings. The minimum Gasteiger partial charge on any atom is -0.497 e. The average molecular weight is 381 g/mol. The highest BCUT2D eigenvalue weighted by Crippen LogP contribution is 2.19. The number of methoxy groups -OCH3 is 1. The number of rotatable bonds is 6. The van der Waals surface area contributed by atoms with E-state index in [4.69, 9.17) is 4.74 Å². The normalized spacial score (nSPS) is 17.8. The van der Waals surface area contributed by atoms with Gasteiger partial charge in [-0.05, 0) is 43.1 Å². The van der Waals surface area contributed by atoms with Gasteiger partial charge in [0.1, 0.15) is 11.4 Å². The summed E-state index contributed by atoms with van der Waals surface area (Å²) in [7, 11) is 1.57. The van der Waals surface area contributed by atoms with Gasteiger partial charge in [-0.25, -0.2) is 0 Å². The summed E-state index contributed by atoms with van der Waals surface area (Å²) in [6, 6.07) is 9.16. The third-order valence-corrected chi connectivity index (χ3v) is 4.42. The fraction of sp³-hybridized carbons (Fsp3) is 0.444. The minimum absolute atomic E-state index is 0. The molecule has 0 aliphatic carbocycles. The number of piperidine rings is 1. The Balaban J connectivity index is 0.00000243. The molecule has 1 aliphatic heterocycles. The summed E-state index contributed by atoms with van der Waals surface area (Å²) < 4.78 is 6.99. The van der Waals surface area contributed by atoms with E-state index >= 15 is 0 Å². The van der Waals surface area contributed by atoms with Crippen LogP contribution in [0.5, 0.6) is 5.75 Å². The van der Waals surface area contributed by atoms with E-state index < -0.39 is 6.10 Å². The van der Waals surface area contributed by atoms with Crippen LogP contribution < -0.4 is 15.4 Å². The van der Waals surface area contributed by atoms with Gasteiger partial charge in [-0.3, -0.25) is 9.48 Å². The lowest BCUT2D eigenvalue weighted by Gasteiger charge is -2.22. The third-order valence-electron chi connectivity index (χ3n) is 4.42. The fourth-order valence-electron chi connectivity index (χ4n) is 2.97. The number of aliphatic hydroxyl groups excluding tert-OH is 1. The molecule has 2 aromatic rings. The van der Waals surface area contributed by atoms with Crippen LogP contribution in [0.1, 0.15) is 41.0 Å². The molecule has 3 N–H and O–H groups in total. The summed E-state index contributed by atoms with van der Waals surface area (Å²) in [4.78, 5) is 12.3. The van der Waals surface area contributed by atoms with Crippen LogP contribution in [0.2, 0.25) is 0 Å². The summed E-state index contributed by atoms with van der Waals surface area (Å²) in [6.45, 7) is 2.02. The predicted octanol–water partition coefficient (Wildman–Crippen LogP) is 1.70. The fourth-order valence-corrected chi connectivity index (χ4v) is 2.97. The Morgan fingerprint density at radius 1 is 1.50 bits per heavy atom. The number of carbonyl (C=O) groups is 1. The van der Waals surface area contributed by atoms with Gasteiger partial charge in [-0.2, -0.15) is 5.10 Å². The number of benzene rings is 1. The number of amides is 1. The molecular formula is C18H25ClN4O3. The number of carbonyl (C=O) groups excluding carboxylic acids is 1. The van der Waals surface area contributed by atoms with E-state index in [0.717, 1.165) is 25.9 Å². The molecule has 3 rings (SSSR count). The van der Waals surface area contributed by atoms with Crippen molar-refractivity contribution >= 4 is 18.3 Å². The molecule has 1 aromatic heterocycles. The van der Waals surface area contributed by atoms with Crippen LogP contribution in [0.4, 0.5) is 0 Å². The number of aliphatic hydroxyl groups is 1. The van der Waals surface area contributed by atoms with Crippen molar-refractivity contribution in [3.05, 3.63) is 47.8 Å². The highest BCUT2D eigenvalue weighted by Gasteiger charge is 2.18. The maximum absolute atomic E-state index is 12.3. The number of ether oxygens (including phenoxy) is 1. The number of hydrogen-bond donors (Lipinski definition) is 3. The van der Waals surface area contributed by atoms with E-state index in [1.807, 2.05) is 16.9 Å². The zero-order valence-electron chi connectivity index (χ0n) is 14.7. The highest BCUT2D eigenvalue weighted by atomic mass is 35.5. The molecule has 0 bridgehead atoms. The van der Waals surface area contributed by atoms with Crippen LogP contribution in [0, 0.1) is 0 Å². The van der Waals surface area contributed by atoms with Gasteiger partial charge in [0.25, 0.3) is 5.91 Å². The van der Waals surface area contributed by atoms with E-state index in [0.29, 0.717) is 17.0 Å². The summed E-state index contributed by atoms with van der Waals surface area (Å²) in [5.41, 5.74) is 1.06. The molecule has 26 heavy (non-hydrogen) atoms. The molecule has 1 amide bonds. The molecule has 2 heterocycles. The maximum atomic E-state index is 12.3. The molecule has 1 saturated heterocycles. The lowest BCUT2D eigenvalue weighted by Crippen LogP contribution is -2.32. The summed E-state index contributed by atoms with van der Waals surface area (Å²) >= 11 is 0. The molecule has 142 valence electrons. The average Bonchev–Trinajstić information content (AvgIpc) is 3.17. The number of aromatic nitrogens is 2. The summed E-state index contributed by atoms with van der Waals surface area (Å²) in [6.07, 6.45) is 3.21. The van der Waals surface area contributed by atoms with E-state index in [2.05, 4.69) is 15.7 Å². The predicted molar refractivity (Wildman–Crippen MR) is 101 cm³/mol. The van der Waals surface area contributed by atoms with Gasteiger partial charge in [0.15, 0.2) is 0 Å². The standard InChI is InChI=1S/C18H24N4O3.ClH/c1-25-15-6-2-4-13(10-15)17(23)12-20-18(24)16-7-9-22(21-16)14-5-3-8-19-11-14;/h2,4,6-7,9-10,14,17,19,23H,3,5,8,11-12H2,1H3,(H,20,24);1H. The quantitative estimate of drug-likeness (QED) is 0.710. The lowest BCUT2D eigenvalue weighted by atomic mass is 10.1. The Labute approximate surface area is 159 Å². The Kier molecular flexibility index (Phi) is 7.44. The van der Waals surface area contributed by atoms with Crippen molar-refractivity contribution in [1.29, 1.82) is 0 Å². The molecule has 2 unspecified atom stereocenters. The topological polar surface area (TPSA) is 88.4 Å². The monoisotopic (exact) mass is 380 g/mol. The van der Waals surface area contributed by atoms with Crippen molar-refractivity contribution in [1.82, 2.24) is 20.4 Å². The first-order valence-electron chi connectivity index (χ1n) is 8.53. The Bertz CT molecular complexity index is 716. The van der Waals surface area contributed by atoms with Crippen LogP contribution in [0.3, 0.4) is 0 Å². The molecular weight excluding hydrogens is 356 g/mol. The number of nitrogens with zero attached hydrogens (tertiary/aromatic N) is 2. The summed E-state index contributed by atoms with van der Waals surface area (Å²) in [5.74, 6) is 0.382. The van der Waals surface area contributed by atoms with Crippen molar-refractivity contribution in [2.24, 2.45) is 0 Å². The van der Waals surface area contributed by atoms with Gasteiger partial charge in [0.2, 0.25) is 0 Å². The highest BCUT2D eigenvalue weighted by molar-refractivity contribution is 5.92. The van der Waals surface area contributed by atoms with Crippen molar-refractivity contribution in [3.8, 4) is 5.75 Å². The van der Waals surface area contributed by atoms with Crippen LogP contribution in [-0.2, 0) is 0 Å². The lowest BCUT2D eigenvalue weighted by molar-refractivity contribution is 0.0910. The van der Waals surface area contributed by atoms with Gasteiger partial charge >= 0.3 is 0 Å². The van der Waals surface area contributed by atoms with E-state index in [1.54, 1.807) is 31.4 Å². The SMILES string of the molecule is COc1cccc(C(O)CNC(=O)c2ccn(C3CCCNC3)n2)c1.Cl. The first kappa shape index (κ1) is 20.2. The second-order valence-corrected chi connectivity index (χ2v) is 6.18. The zero-order valence-corrected chi connectivity index (χ0v) is 15.5. The Hall–Kier alpha value is -2.09. The molecule has 0 saturated carbocycles. The van der Waals surface area contributed by atoms with Crippen molar-refractivity contribution in [3.63, 3.8) is 0 Å². The van der Waals surface area contributed by atoms with Gasteiger partial charge in [-0.1, -0.05) is 12.1 Å². The molecule has 0 radical (unpaired) electrons. The minimum atomic E-state index is -0.802. The van der Waals surface area contributed by atoms with Gasteiger partial charge < -0.3 is 20.5 Å². The van der Waals surface area contributed by atoms with Crippen molar-refractivity contribution in [2.75, 3.05) is 26.7 Å². The number of hydrogen-bond acceptors (Lipinski definition) is 5. The molecule has 1 aliphatic rings. The number of nitrogens with one attached hydrogen (secondary N) is 2. The van der Waals surface area contributed by atoms with Crippen LogP contribution in [0.15, 0.2) is 36.5 Å². The first-order valence-corrected chi connectivity index (χ1v) is 8.53. The largest absolute Gasteiger partial charge is 0.497 e. The van der Waals surface area contributed by atoms with Crippen molar-refractivity contribution in [2.45, 2.75) is 25.0 Å². The first-order chi connectivity index (χ1) is 12.2. The molecule has 1 aromatic carbocycles. The second kappa shape index (κ2) is 9.56. The molecule has 0 spiro atoms. The van der Waals surface area contributed by atoms with Crippen LogP contribution >= 0.6 is 12.4 Å². The Morgan fingerprint density at radius 3 is 3.08 bits per heavy atom. The van der Waals surface area contributed by atoms with E-state index in [-0.39, 0.29) is 30.9 Å². The zero-order chi connectivity index (χ0) is 17.6. The maximum Gasteiger partial charge on any atom is 0.271 e. The van der Waals surface area contributed by atoms with E-state index in [1.165, 1.54) is 0 Å². The molecule has 2 atom stereocenters. The molecule has 8 heteroatoms. The summed E-state index contributed by atoms with van der Waals surface area (Å²) in [5, 5.41) is 20.7. The van der Waals surface area contributed by atoms with Gasteiger partial charge in [0, 0.05) is 19.3 Å². The smallest absolute Gasteiger partial charge is 0.271 e. The molecule has 7 nitrogen and oxygen atoms in total. The second-order valence-electron chi connectivity index (χ2n) is 6.18. The van der Waals surface area contributed by atoms with Crippen molar-refractivity contribution < 1.29 is 14.6 Å². The third kappa shape index (κ3) is 4.97. The van der Waals surface area contributed by atoms with Gasteiger partial charge in [-0.15, -0.1) is 12.4 Å². The van der Waals surface area contributed by atoms with Crippen LogP contribution in [-0.4, -0.2) is 47.5 Å². The number of halogens is 1. The van der Waals surface area contributed by atoms with Gasteiger partial charge in [0.05, 0.1) is 19.3 Å². The Morgan fingerprint density at radius 2 is 2.35 bits per heavy atom. The van der Waals surface area contributed by atoms with Crippen LogP contribution in [0.25, 0.3) is 0 Å². The van der Waals surface area contributed by atoms with E-state index in [9.17, 15) is 9.90 Å².